The highest BCUT2D eigenvalue weighted by atomic mass is 16.4. The van der Waals surface area contributed by atoms with Gasteiger partial charge in [0.15, 0.2) is 0 Å². The third-order valence-corrected chi connectivity index (χ3v) is 5.05. The average Bonchev–Trinajstić information content (AvgIpc) is 2.98. The molecule has 1 aromatic rings. The Morgan fingerprint density at radius 1 is 1.14 bits per heavy atom. The lowest BCUT2D eigenvalue weighted by Crippen LogP contribution is -2.49. The number of aliphatic hydroxyl groups is 1. The van der Waals surface area contributed by atoms with Gasteiger partial charge >= 0.3 is 5.97 Å². The van der Waals surface area contributed by atoms with E-state index in [9.17, 15) is 15.0 Å². The van der Waals surface area contributed by atoms with E-state index in [0.717, 1.165) is 45.2 Å². The van der Waals surface area contributed by atoms with Crippen LogP contribution in [-0.4, -0.2) is 50.9 Å². The number of carbonyl (C=O) groups is 1. The van der Waals surface area contributed by atoms with Gasteiger partial charge in [0.2, 0.25) is 0 Å². The lowest BCUT2D eigenvalue weighted by Gasteiger charge is -2.42. The molecule has 5 nitrogen and oxygen atoms in total. The van der Waals surface area contributed by atoms with Crippen LogP contribution in [0.4, 0.5) is 0 Å². The van der Waals surface area contributed by atoms with E-state index in [1.54, 1.807) is 12.1 Å². The van der Waals surface area contributed by atoms with Gasteiger partial charge in [-0.15, -0.1) is 0 Å². The van der Waals surface area contributed by atoms with Gasteiger partial charge in [0.25, 0.3) is 0 Å². The molecule has 0 amide bonds. The smallest absolute Gasteiger partial charge is 0.352 e. The van der Waals surface area contributed by atoms with Crippen molar-refractivity contribution >= 4 is 5.97 Å². The first-order valence-electron chi connectivity index (χ1n) is 7.99. The van der Waals surface area contributed by atoms with Gasteiger partial charge in [-0.3, -0.25) is 4.90 Å². The molecule has 116 valence electrons. The quantitative estimate of drug-likeness (QED) is 0.895. The van der Waals surface area contributed by atoms with Crippen molar-refractivity contribution in [3.8, 4) is 0 Å². The Morgan fingerprint density at radius 3 is 2.52 bits per heavy atom. The van der Waals surface area contributed by atoms with Gasteiger partial charge in [0.1, 0.15) is 5.69 Å². The molecule has 1 aromatic heterocycles. The van der Waals surface area contributed by atoms with Crippen LogP contribution >= 0.6 is 0 Å². The van der Waals surface area contributed by atoms with Gasteiger partial charge in [-0.25, -0.2) is 4.79 Å². The number of aliphatic hydroxyl groups excluding tert-OH is 1. The first kappa shape index (κ1) is 14.6. The van der Waals surface area contributed by atoms with Crippen molar-refractivity contribution in [3.63, 3.8) is 0 Å². The zero-order valence-electron chi connectivity index (χ0n) is 12.3. The van der Waals surface area contributed by atoms with E-state index >= 15 is 0 Å². The number of carboxylic acid groups (broad SMARTS) is 1. The van der Waals surface area contributed by atoms with Crippen LogP contribution in [0.5, 0.6) is 0 Å². The number of piperidine rings is 1. The zero-order valence-corrected chi connectivity index (χ0v) is 12.3. The van der Waals surface area contributed by atoms with Crippen LogP contribution in [0.15, 0.2) is 18.3 Å². The van der Waals surface area contributed by atoms with E-state index in [2.05, 4.69) is 4.90 Å². The number of nitrogens with zero attached hydrogens (tertiary/aromatic N) is 2. The Balaban J connectivity index is 1.62. The Bertz CT molecular complexity index is 491. The highest BCUT2D eigenvalue weighted by Crippen LogP contribution is 2.30. The highest BCUT2D eigenvalue weighted by Gasteiger charge is 2.32. The predicted molar refractivity (Wildman–Crippen MR) is 79.5 cm³/mol. The molecule has 21 heavy (non-hydrogen) atoms. The second-order valence-electron chi connectivity index (χ2n) is 6.29. The molecule has 2 heterocycles. The Labute approximate surface area is 125 Å². The van der Waals surface area contributed by atoms with E-state index in [1.165, 1.54) is 6.42 Å². The van der Waals surface area contributed by atoms with Crippen LogP contribution < -0.4 is 0 Å². The summed E-state index contributed by atoms with van der Waals surface area (Å²) in [5.41, 5.74) is 0.381. The number of hydrogen-bond donors (Lipinski definition) is 2. The summed E-state index contributed by atoms with van der Waals surface area (Å²) in [5, 5.41) is 19.4. The number of hydrogen-bond acceptors (Lipinski definition) is 3. The minimum absolute atomic E-state index is 0.184. The molecule has 2 unspecified atom stereocenters. The number of aromatic nitrogens is 1. The topological polar surface area (TPSA) is 65.7 Å². The summed E-state index contributed by atoms with van der Waals surface area (Å²) in [7, 11) is 0. The minimum atomic E-state index is -0.856. The molecule has 1 aliphatic heterocycles. The molecule has 3 rings (SSSR count). The average molecular weight is 292 g/mol. The first-order valence-corrected chi connectivity index (χ1v) is 7.99. The molecule has 2 atom stereocenters. The molecular formula is C16H24N2O3. The molecule has 1 saturated carbocycles. The van der Waals surface area contributed by atoms with E-state index in [1.807, 2.05) is 10.8 Å². The van der Waals surface area contributed by atoms with Crippen molar-refractivity contribution in [1.29, 1.82) is 0 Å². The van der Waals surface area contributed by atoms with E-state index in [4.69, 9.17) is 0 Å². The van der Waals surface area contributed by atoms with Crippen molar-refractivity contribution in [2.45, 2.75) is 56.7 Å². The largest absolute Gasteiger partial charge is 0.477 e. The van der Waals surface area contributed by atoms with Crippen molar-refractivity contribution < 1.29 is 15.0 Å². The van der Waals surface area contributed by atoms with E-state index < -0.39 is 5.97 Å². The fraction of sp³-hybridized carbons (Fsp3) is 0.688. The first-order chi connectivity index (χ1) is 10.2. The fourth-order valence-corrected chi connectivity index (χ4v) is 3.91. The SMILES string of the molecule is O=C(O)c1cccn1C1CCN(C2CCCCC2O)CC1. The zero-order chi connectivity index (χ0) is 14.8. The predicted octanol–water partition coefficient (Wildman–Crippen LogP) is 2.13. The van der Waals surface area contributed by atoms with Crippen LogP contribution in [0.1, 0.15) is 55.1 Å². The van der Waals surface area contributed by atoms with Crippen LogP contribution in [0.25, 0.3) is 0 Å². The fourth-order valence-electron chi connectivity index (χ4n) is 3.91. The number of carboxylic acids is 1. The molecule has 2 fully saturated rings. The van der Waals surface area contributed by atoms with Crippen molar-refractivity contribution in [2.24, 2.45) is 0 Å². The van der Waals surface area contributed by atoms with E-state index in [0.29, 0.717) is 11.7 Å². The van der Waals surface area contributed by atoms with E-state index in [-0.39, 0.29) is 12.1 Å². The lowest BCUT2D eigenvalue weighted by atomic mass is 9.89. The second kappa shape index (κ2) is 6.20. The normalized spacial score (nSPS) is 28.6. The summed E-state index contributed by atoms with van der Waals surface area (Å²) in [4.78, 5) is 13.6. The van der Waals surface area contributed by atoms with Crippen LogP contribution in [0.2, 0.25) is 0 Å². The Morgan fingerprint density at radius 2 is 1.86 bits per heavy atom. The van der Waals surface area contributed by atoms with Crippen LogP contribution in [0, 0.1) is 0 Å². The second-order valence-corrected chi connectivity index (χ2v) is 6.29. The molecule has 0 radical (unpaired) electrons. The van der Waals surface area contributed by atoms with Gasteiger partial charge in [0, 0.05) is 31.4 Å². The maximum Gasteiger partial charge on any atom is 0.352 e. The number of likely N-dealkylation sites (tertiary alicyclic amines) is 1. The molecule has 1 saturated heterocycles. The molecule has 0 bridgehead atoms. The van der Waals surface area contributed by atoms with Gasteiger partial charge in [0.05, 0.1) is 6.10 Å². The summed E-state index contributed by atoms with van der Waals surface area (Å²) in [6, 6.07) is 4.05. The molecule has 2 N–H and O–H groups in total. The molecule has 5 heteroatoms. The summed E-state index contributed by atoms with van der Waals surface area (Å²) < 4.78 is 1.90. The summed E-state index contributed by atoms with van der Waals surface area (Å²) in [6.45, 7) is 1.90. The highest BCUT2D eigenvalue weighted by molar-refractivity contribution is 5.85. The van der Waals surface area contributed by atoms with Crippen molar-refractivity contribution in [2.75, 3.05) is 13.1 Å². The molecule has 1 aliphatic carbocycles. The van der Waals surface area contributed by atoms with Gasteiger partial charge in [-0.05, 0) is 37.8 Å². The van der Waals surface area contributed by atoms with Gasteiger partial charge in [-0.2, -0.15) is 0 Å². The van der Waals surface area contributed by atoms with Crippen LogP contribution in [-0.2, 0) is 0 Å². The maximum absolute atomic E-state index is 11.2. The van der Waals surface area contributed by atoms with Gasteiger partial charge < -0.3 is 14.8 Å². The standard InChI is InChI=1S/C16H24N2O3/c19-15-6-2-1-4-13(15)17-10-7-12(8-11-17)18-9-3-5-14(18)16(20)21/h3,5,9,12-13,15,19H,1-2,4,6-8,10-11H2,(H,20,21). The lowest BCUT2D eigenvalue weighted by molar-refractivity contribution is 0.00483. The Kier molecular flexibility index (Phi) is 4.31. The molecule has 0 spiro atoms. The number of aromatic carboxylic acids is 1. The molecule has 0 aromatic carbocycles. The minimum Gasteiger partial charge on any atom is -0.477 e. The maximum atomic E-state index is 11.2. The summed E-state index contributed by atoms with van der Waals surface area (Å²) in [5.74, 6) is -0.856. The van der Waals surface area contributed by atoms with Crippen molar-refractivity contribution in [3.05, 3.63) is 24.0 Å². The monoisotopic (exact) mass is 292 g/mol. The van der Waals surface area contributed by atoms with Gasteiger partial charge in [-0.1, -0.05) is 12.8 Å². The summed E-state index contributed by atoms with van der Waals surface area (Å²) >= 11 is 0. The third kappa shape index (κ3) is 2.99. The third-order valence-electron chi connectivity index (χ3n) is 5.05. The Hall–Kier alpha value is -1.33. The molecule has 2 aliphatic rings. The number of rotatable bonds is 3. The van der Waals surface area contributed by atoms with Crippen molar-refractivity contribution in [1.82, 2.24) is 9.47 Å². The summed E-state index contributed by atoms with van der Waals surface area (Å²) in [6.07, 6.45) is 7.97. The molecular weight excluding hydrogens is 268 g/mol. The van der Waals surface area contributed by atoms with Crippen LogP contribution in [0.3, 0.4) is 0 Å².